The summed E-state index contributed by atoms with van der Waals surface area (Å²) in [7, 11) is 0. The summed E-state index contributed by atoms with van der Waals surface area (Å²) in [5, 5.41) is 0. The van der Waals surface area contributed by atoms with Gasteiger partial charge in [-0.3, -0.25) is 0 Å². The monoisotopic (exact) mass is 344 g/mol. The quantitative estimate of drug-likeness (QED) is 0.665. The molecule has 4 rings (SSSR count). The molecule has 0 N–H and O–H groups in total. The first kappa shape index (κ1) is 16.4. The summed E-state index contributed by atoms with van der Waals surface area (Å²) in [6, 6.07) is 6.91. The van der Waals surface area contributed by atoms with Crippen molar-refractivity contribution in [2.24, 2.45) is 0 Å². The van der Waals surface area contributed by atoms with Gasteiger partial charge in [0.2, 0.25) is 0 Å². The van der Waals surface area contributed by atoms with Gasteiger partial charge in [-0.05, 0) is 56.4 Å². The molecule has 0 aliphatic carbocycles. The molecule has 0 spiro atoms. The van der Waals surface area contributed by atoms with E-state index >= 15 is 0 Å². The molecule has 0 aromatic heterocycles. The lowest BCUT2D eigenvalue weighted by atomic mass is 10.0. The van der Waals surface area contributed by atoms with Crippen LogP contribution >= 0.6 is 0 Å². The van der Waals surface area contributed by atoms with Gasteiger partial charge in [0.25, 0.3) is 0 Å². The zero-order valence-electron chi connectivity index (χ0n) is 14.6. The second kappa shape index (κ2) is 6.32. The Morgan fingerprint density at radius 3 is 1.64 bits per heavy atom. The largest absolute Gasteiger partial charge is 0.487 e. The molecular weight excluding hydrogens is 322 g/mol. The van der Waals surface area contributed by atoms with Crippen LogP contribution < -0.4 is 9.47 Å². The van der Waals surface area contributed by atoms with Gasteiger partial charge in [-0.2, -0.15) is 0 Å². The number of benzene rings is 2. The summed E-state index contributed by atoms with van der Waals surface area (Å²) in [5.41, 5.74) is 3.33. The first-order chi connectivity index (χ1) is 12.0. The second-order valence-corrected chi connectivity index (χ2v) is 7.29. The Labute approximate surface area is 146 Å². The van der Waals surface area contributed by atoms with Crippen molar-refractivity contribution < 1.29 is 18.3 Å². The van der Waals surface area contributed by atoms with Gasteiger partial charge in [0.05, 0.1) is 0 Å². The zero-order chi connectivity index (χ0) is 17.6. The standard InChI is InChI=1S/C21H22F2O2/c1-12-6-14-10-16-4-3-5-17(24-20(14)18(22)8-12)11-15-7-13(2)9-19(23)21(15)25-16/h6-9,16-17H,3-5,10-11H2,1-2H3/t16-,17-/m1/s1. The third-order valence-corrected chi connectivity index (χ3v) is 5.05. The molecular formula is C21H22F2O2. The van der Waals surface area contributed by atoms with Gasteiger partial charge >= 0.3 is 0 Å². The van der Waals surface area contributed by atoms with Crippen molar-refractivity contribution in [1.29, 1.82) is 0 Å². The van der Waals surface area contributed by atoms with Gasteiger partial charge in [0.15, 0.2) is 23.1 Å². The van der Waals surface area contributed by atoms with Gasteiger partial charge in [-0.1, -0.05) is 12.1 Å². The molecule has 0 radical (unpaired) electrons. The highest BCUT2D eigenvalue weighted by Crippen LogP contribution is 2.36. The summed E-state index contributed by atoms with van der Waals surface area (Å²) >= 11 is 0. The van der Waals surface area contributed by atoms with Crippen molar-refractivity contribution in [1.82, 2.24) is 0 Å². The van der Waals surface area contributed by atoms with Crippen LogP contribution in [0.1, 0.15) is 41.5 Å². The molecule has 0 saturated heterocycles. The molecule has 0 saturated carbocycles. The van der Waals surface area contributed by atoms with E-state index in [-0.39, 0.29) is 23.8 Å². The normalized spacial score (nSPS) is 22.2. The van der Waals surface area contributed by atoms with Crippen LogP contribution in [0, 0.1) is 25.5 Å². The van der Waals surface area contributed by atoms with E-state index in [1.807, 2.05) is 26.0 Å². The van der Waals surface area contributed by atoms with Crippen molar-refractivity contribution in [3.05, 3.63) is 58.2 Å². The molecule has 0 unspecified atom stereocenters. The molecule has 2 aromatic carbocycles. The number of hydrogen-bond acceptors (Lipinski definition) is 2. The molecule has 0 amide bonds. The van der Waals surface area contributed by atoms with Crippen LogP contribution in [-0.2, 0) is 12.8 Å². The summed E-state index contributed by atoms with van der Waals surface area (Å²) in [4.78, 5) is 0. The average molecular weight is 344 g/mol. The molecule has 0 fully saturated rings. The molecule has 2 aromatic rings. The van der Waals surface area contributed by atoms with Crippen LogP contribution in [0.4, 0.5) is 8.78 Å². The molecule has 4 heteroatoms. The highest BCUT2D eigenvalue weighted by molar-refractivity contribution is 5.42. The van der Waals surface area contributed by atoms with E-state index in [9.17, 15) is 8.78 Å². The Balaban J connectivity index is 1.83. The van der Waals surface area contributed by atoms with Crippen molar-refractivity contribution >= 4 is 0 Å². The molecule has 2 aliphatic heterocycles. The van der Waals surface area contributed by atoms with Gasteiger partial charge in [0.1, 0.15) is 12.2 Å². The Morgan fingerprint density at radius 1 is 0.760 bits per heavy atom. The van der Waals surface area contributed by atoms with Crippen LogP contribution in [0.5, 0.6) is 11.5 Å². The van der Waals surface area contributed by atoms with Crippen molar-refractivity contribution in [2.75, 3.05) is 0 Å². The van der Waals surface area contributed by atoms with E-state index < -0.39 is 0 Å². The molecule has 2 atom stereocenters. The minimum Gasteiger partial charge on any atom is -0.487 e. The molecule has 2 nitrogen and oxygen atoms in total. The van der Waals surface area contributed by atoms with Gasteiger partial charge in [0, 0.05) is 24.0 Å². The number of ether oxygens (including phenoxy) is 2. The van der Waals surface area contributed by atoms with E-state index in [0.717, 1.165) is 41.5 Å². The minimum absolute atomic E-state index is 0.184. The predicted octanol–water partition coefficient (Wildman–Crippen LogP) is 5.06. The molecule has 2 heterocycles. The van der Waals surface area contributed by atoms with Gasteiger partial charge in [-0.25, -0.2) is 8.78 Å². The zero-order valence-corrected chi connectivity index (χ0v) is 14.6. The van der Waals surface area contributed by atoms with E-state index in [1.54, 1.807) is 0 Å². The van der Waals surface area contributed by atoms with Gasteiger partial charge < -0.3 is 9.47 Å². The maximum Gasteiger partial charge on any atom is 0.165 e. The maximum absolute atomic E-state index is 14.5. The fourth-order valence-electron chi connectivity index (χ4n) is 3.97. The number of fused-ring (bicyclic) bond motifs is 6. The Bertz CT molecular complexity index is 749. The fraction of sp³-hybridized carbons (Fsp3) is 0.429. The lowest BCUT2D eigenvalue weighted by Crippen LogP contribution is -2.24. The average Bonchev–Trinajstić information content (AvgIpc) is 2.65. The summed E-state index contributed by atoms with van der Waals surface area (Å²) in [6.45, 7) is 3.74. The van der Waals surface area contributed by atoms with Crippen LogP contribution in [-0.4, -0.2) is 12.2 Å². The summed E-state index contributed by atoms with van der Waals surface area (Å²) < 4.78 is 41.3. The second-order valence-electron chi connectivity index (χ2n) is 7.29. The summed E-state index contributed by atoms with van der Waals surface area (Å²) in [6.07, 6.45) is 3.20. The smallest absolute Gasteiger partial charge is 0.165 e. The van der Waals surface area contributed by atoms with Crippen LogP contribution in [0.2, 0.25) is 0 Å². The maximum atomic E-state index is 14.5. The molecule has 2 bridgehead atoms. The fourth-order valence-corrected chi connectivity index (χ4v) is 3.97. The number of aryl methyl sites for hydroxylation is 2. The first-order valence-corrected chi connectivity index (χ1v) is 8.91. The first-order valence-electron chi connectivity index (χ1n) is 8.91. The highest BCUT2D eigenvalue weighted by atomic mass is 19.1. The Hall–Kier alpha value is -2.10. The van der Waals surface area contributed by atoms with E-state index in [4.69, 9.17) is 9.47 Å². The lowest BCUT2D eigenvalue weighted by Gasteiger charge is -2.25. The topological polar surface area (TPSA) is 18.5 Å². The van der Waals surface area contributed by atoms with E-state index in [0.29, 0.717) is 24.3 Å². The number of rotatable bonds is 0. The van der Waals surface area contributed by atoms with E-state index in [2.05, 4.69) is 0 Å². The third-order valence-electron chi connectivity index (χ3n) is 5.05. The lowest BCUT2D eigenvalue weighted by molar-refractivity contribution is 0.179. The predicted molar refractivity (Wildman–Crippen MR) is 92.4 cm³/mol. The SMILES string of the molecule is Cc1cc(F)c2c(c1)C[C@H]1CCC[C@H](Cc3cc(C)cc(F)c3O1)O2. The van der Waals surface area contributed by atoms with Crippen LogP contribution in [0.25, 0.3) is 0 Å². The van der Waals surface area contributed by atoms with Crippen LogP contribution in [0.15, 0.2) is 24.3 Å². The number of halogens is 2. The summed E-state index contributed by atoms with van der Waals surface area (Å²) in [5.74, 6) is 0.0269. The van der Waals surface area contributed by atoms with Crippen molar-refractivity contribution in [3.8, 4) is 11.5 Å². The van der Waals surface area contributed by atoms with E-state index in [1.165, 1.54) is 12.1 Å². The molecule has 2 aliphatic rings. The molecule has 132 valence electrons. The Kier molecular flexibility index (Phi) is 4.14. The number of hydrogen-bond donors (Lipinski definition) is 0. The van der Waals surface area contributed by atoms with Crippen molar-refractivity contribution in [2.45, 2.75) is 58.2 Å². The minimum atomic E-state index is -0.322. The third kappa shape index (κ3) is 3.22. The molecule has 25 heavy (non-hydrogen) atoms. The van der Waals surface area contributed by atoms with Crippen LogP contribution in [0.3, 0.4) is 0 Å². The highest BCUT2D eigenvalue weighted by Gasteiger charge is 2.28. The Morgan fingerprint density at radius 2 is 1.20 bits per heavy atom. The van der Waals surface area contributed by atoms with Crippen molar-refractivity contribution in [3.63, 3.8) is 0 Å². The van der Waals surface area contributed by atoms with Gasteiger partial charge in [-0.15, -0.1) is 0 Å².